The number of hydrogen-bond acceptors (Lipinski definition) is 3. The highest BCUT2D eigenvalue weighted by atomic mass is 31.2. The maximum Gasteiger partial charge on any atom is 0.530 e. The summed E-state index contributed by atoms with van der Waals surface area (Å²) >= 11 is 0. The summed E-state index contributed by atoms with van der Waals surface area (Å²) < 4.78 is 18.9. The van der Waals surface area contributed by atoms with Crippen LogP contribution in [0.5, 0.6) is 17.2 Å². The Labute approximate surface area is 207 Å². The SMILES string of the molecule is Cc1cc(OP(Oc2ccc(C(C)C)c(C)c2)Oc2ccc(C(C)C)c(C)c2)ccc1C(C)C. The highest BCUT2D eigenvalue weighted by Gasteiger charge is 2.22. The number of rotatable bonds is 9. The van der Waals surface area contributed by atoms with Crippen LogP contribution in [0.2, 0.25) is 0 Å². The van der Waals surface area contributed by atoms with Gasteiger partial charge in [0.1, 0.15) is 17.2 Å². The second kappa shape index (κ2) is 11.3. The largest absolute Gasteiger partial charge is 0.530 e. The Morgan fingerprint density at radius 1 is 0.471 bits per heavy atom. The topological polar surface area (TPSA) is 27.7 Å². The van der Waals surface area contributed by atoms with Crippen LogP contribution in [0, 0.1) is 20.8 Å². The molecule has 0 saturated heterocycles. The van der Waals surface area contributed by atoms with Crippen LogP contribution in [0.3, 0.4) is 0 Å². The van der Waals surface area contributed by atoms with Gasteiger partial charge >= 0.3 is 8.60 Å². The van der Waals surface area contributed by atoms with Crippen molar-refractivity contribution in [3.63, 3.8) is 0 Å². The molecule has 0 bridgehead atoms. The Balaban J connectivity index is 1.89. The van der Waals surface area contributed by atoms with Crippen LogP contribution in [0.25, 0.3) is 0 Å². The van der Waals surface area contributed by atoms with E-state index in [4.69, 9.17) is 13.6 Å². The molecule has 0 spiro atoms. The molecule has 3 rings (SSSR count). The lowest BCUT2D eigenvalue weighted by Gasteiger charge is -2.20. The molecule has 0 N–H and O–H groups in total. The summed E-state index contributed by atoms with van der Waals surface area (Å²) in [6.07, 6.45) is 0. The maximum absolute atomic E-state index is 6.29. The van der Waals surface area contributed by atoms with Crippen LogP contribution in [0.15, 0.2) is 54.6 Å². The lowest BCUT2D eigenvalue weighted by Crippen LogP contribution is -2.04. The summed E-state index contributed by atoms with van der Waals surface area (Å²) in [5.41, 5.74) is 7.57. The van der Waals surface area contributed by atoms with Crippen LogP contribution < -0.4 is 13.6 Å². The Bertz CT molecular complexity index is 977. The molecule has 3 aromatic rings. The van der Waals surface area contributed by atoms with Gasteiger partial charge in [-0.2, -0.15) is 0 Å². The average Bonchev–Trinajstić information content (AvgIpc) is 2.73. The van der Waals surface area contributed by atoms with E-state index in [2.05, 4.69) is 98.7 Å². The summed E-state index contributed by atoms with van der Waals surface area (Å²) in [5.74, 6) is 3.64. The summed E-state index contributed by atoms with van der Waals surface area (Å²) in [5, 5.41) is 0. The van der Waals surface area contributed by atoms with Gasteiger partial charge in [0.25, 0.3) is 0 Å². The van der Waals surface area contributed by atoms with Crippen molar-refractivity contribution in [2.45, 2.75) is 80.1 Å². The van der Waals surface area contributed by atoms with Gasteiger partial charge in [-0.05, 0) is 108 Å². The first-order valence-corrected chi connectivity index (χ1v) is 13.3. The van der Waals surface area contributed by atoms with Crippen LogP contribution in [-0.2, 0) is 0 Å². The van der Waals surface area contributed by atoms with E-state index >= 15 is 0 Å². The van der Waals surface area contributed by atoms with Gasteiger partial charge in [0.05, 0.1) is 0 Å². The molecule has 3 aromatic carbocycles. The average molecular weight is 479 g/mol. The molecule has 0 aliphatic carbocycles. The minimum Gasteiger partial charge on any atom is -0.408 e. The lowest BCUT2D eigenvalue weighted by molar-refractivity contribution is 0.387. The molecule has 0 radical (unpaired) electrons. The van der Waals surface area contributed by atoms with E-state index in [0.29, 0.717) is 17.8 Å². The zero-order valence-corrected chi connectivity index (χ0v) is 23.0. The predicted molar refractivity (Wildman–Crippen MR) is 145 cm³/mol. The van der Waals surface area contributed by atoms with E-state index in [1.165, 1.54) is 33.4 Å². The van der Waals surface area contributed by atoms with Crippen LogP contribution in [0.1, 0.15) is 92.7 Å². The third kappa shape index (κ3) is 6.54. The van der Waals surface area contributed by atoms with E-state index in [0.717, 1.165) is 17.2 Å². The fraction of sp³-hybridized carbons (Fsp3) is 0.400. The first kappa shape index (κ1) is 26.1. The van der Waals surface area contributed by atoms with Crippen LogP contribution in [0.4, 0.5) is 0 Å². The van der Waals surface area contributed by atoms with Crippen molar-refractivity contribution in [2.75, 3.05) is 0 Å². The standard InChI is InChI=1S/C30H39O3P/c1-19(2)28-13-10-25(16-22(28)7)31-34(32-26-11-14-29(20(3)4)23(8)17-26)33-27-12-15-30(21(5)6)24(9)18-27/h10-21H,1-9H3. The first-order valence-electron chi connectivity index (χ1n) is 12.2. The van der Waals surface area contributed by atoms with Gasteiger partial charge in [0, 0.05) is 0 Å². The van der Waals surface area contributed by atoms with Crippen LogP contribution in [-0.4, -0.2) is 0 Å². The minimum absolute atomic E-state index is 0.466. The van der Waals surface area contributed by atoms with Crippen LogP contribution >= 0.6 is 8.60 Å². The normalized spacial score (nSPS) is 11.6. The van der Waals surface area contributed by atoms with Crippen molar-refractivity contribution in [3.05, 3.63) is 88.0 Å². The van der Waals surface area contributed by atoms with E-state index in [-0.39, 0.29) is 0 Å². The van der Waals surface area contributed by atoms with Crippen molar-refractivity contribution >= 4 is 8.60 Å². The van der Waals surface area contributed by atoms with Gasteiger partial charge in [-0.25, -0.2) is 0 Å². The van der Waals surface area contributed by atoms with Crippen molar-refractivity contribution in [1.82, 2.24) is 0 Å². The van der Waals surface area contributed by atoms with Gasteiger partial charge in [0.15, 0.2) is 0 Å². The second-order valence-electron chi connectivity index (χ2n) is 10.0. The molecule has 3 nitrogen and oxygen atoms in total. The van der Waals surface area contributed by atoms with Crippen molar-refractivity contribution in [1.29, 1.82) is 0 Å². The molecule has 182 valence electrons. The number of benzene rings is 3. The van der Waals surface area contributed by atoms with Gasteiger partial charge in [-0.3, -0.25) is 0 Å². The van der Waals surface area contributed by atoms with Gasteiger partial charge in [0.2, 0.25) is 0 Å². The fourth-order valence-electron chi connectivity index (χ4n) is 4.37. The first-order chi connectivity index (χ1) is 16.0. The summed E-state index contributed by atoms with van der Waals surface area (Å²) in [4.78, 5) is 0. The number of hydrogen-bond donors (Lipinski definition) is 0. The Morgan fingerprint density at radius 2 is 0.735 bits per heavy atom. The van der Waals surface area contributed by atoms with E-state index in [1.54, 1.807) is 0 Å². The molecule has 0 aromatic heterocycles. The third-order valence-electron chi connectivity index (χ3n) is 6.13. The highest BCUT2D eigenvalue weighted by molar-refractivity contribution is 7.43. The van der Waals surface area contributed by atoms with Crippen molar-refractivity contribution in [2.24, 2.45) is 0 Å². The zero-order chi connectivity index (χ0) is 25.0. The smallest absolute Gasteiger partial charge is 0.408 e. The molecule has 0 aliphatic rings. The van der Waals surface area contributed by atoms with Gasteiger partial charge in [-0.15, -0.1) is 0 Å². The second-order valence-corrected chi connectivity index (χ2v) is 11.0. The summed E-state index contributed by atoms with van der Waals surface area (Å²) in [7, 11) is -1.70. The quantitative estimate of drug-likeness (QED) is 0.286. The van der Waals surface area contributed by atoms with E-state index in [1.807, 2.05) is 18.2 Å². The van der Waals surface area contributed by atoms with Crippen molar-refractivity contribution < 1.29 is 13.6 Å². The molecular formula is C30H39O3P. The van der Waals surface area contributed by atoms with Gasteiger partial charge < -0.3 is 13.6 Å². The highest BCUT2D eigenvalue weighted by Crippen LogP contribution is 2.44. The molecule has 34 heavy (non-hydrogen) atoms. The molecule has 0 heterocycles. The molecule has 0 unspecified atom stereocenters. The molecule has 0 saturated carbocycles. The predicted octanol–water partition coefficient (Wildman–Crippen LogP) is 9.75. The summed E-state index contributed by atoms with van der Waals surface area (Å²) in [6.45, 7) is 19.6. The molecular weight excluding hydrogens is 439 g/mol. The maximum atomic E-state index is 6.29. The summed E-state index contributed by atoms with van der Waals surface area (Å²) in [6, 6.07) is 18.6. The van der Waals surface area contributed by atoms with E-state index in [9.17, 15) is 0 Å². The zero-order valence-electron chi connectivity index (χ0n) is 22.1. The molecule has 0 atom stereocenters. The monoisotopic (exact) mass is 478 g/mol. The van der Waals surface area contributed by atoms with Gasteiger partial charge in [-0.1, -0.05) is 59.7 Å². The lowest BCUT2D eigenvalue weighted by atomic mass is 9.98. The third-order valence-corrected chi connectivity index (χ3v) is 7.21. The van der Waals surface area contributed by atoms with E-state index < -0.39 is 8.60 Å². The Morgan fingerprint density at radius 3 is 0.941 bits per heavy atom. The number of aryl methyl sites for hydroxylation is 3. The molecule has 4 heteroatoms. The Hall–Kier alpha value is -2.51. The Kier molecular flexibility index (Phi) is 8.66. The molecule has 0 aliphatic heterocycles. The fourth-order valence-corrected chi connectivity index (χ4v) is 5.34. The molecule has 0 amide bonds. The van der Waals surface area contributed by atoms with Crippen molar-refractivity contribution in [3.8, 4) is 17.2 Å². The minimum atomic E-state index is -1.70. The molecule has 0 fully saturated rings.